The highest BCUT2D eigenvalue weighted by Crippen LogP contribution is 2.25. The third-order valence-corrected chi connectivity index (χ3v) is 7.00. The molecule has 162 valence electrons. The summed E-state index contributed by atoms with van der Waals surface area (Å²) in [5, 5.41) is 8.53. The maximum absolute atomic E-state index is 14.0. The van der Waals surface area contributed by atoms with Crippen LogP contribution >= 0.6 is 0 Å². The Hall–Kier alpha value is -3.11. The molecule has 31 heavy (non-hydrogen) atoms. The van der Waals surface area contributed by atoms with Crippen molar-refractivity contribution in [2.45, 2.75) is 4.90 Å². The van der Waals surface area contributed by atoms with Gasteiger partial charge < -0.3 is 9.64 Å². The molecule has 1 aromatic heterocycles. The Kier molecular flexibility index (Phi) is 5.84. The second-order valence-electron chi connectivity index (χ2n) is 6.97. The SMILES string of the molecule is COc1cccc(-c2ccc(N3CCN(S(=O)(=O)c4cc(F)ccc4F)CC3)nn2)c1. The van der Waals surface area contributed by atoms with E-state index in [-0.39, 0.29) is 13.1 Å². The highest BCUT2D eigenvalue weighted by atomic mass is 32.2. The van der Waals surface area contributed by atoms with Gasteiger partial charge >= 0.3 is 0 Å². The van der Waals surface area contributed by atoms with E-state index in [1.807, 2.05) is 41.3 Å². The number of sulfonamides is 1. The first-order chi connectivity index (χ1) is 14.9. The number of anilines is 1. The van der Waals surface area contributed by atoms with Crippen LogP contribution in [0.4, 0.5) is 14.6 Å². The Morgan fingerprint density at radius 2 is 1.71 bits per heavy atom. The molecule has 7 nitrogen and oxygen atoms in total. The van der Waals surface area contributed by atoms with E-state index in [0.717, 1.165) is 27.8 Å². The standard InChI is InChI=1S/C21H20F2N4O3S/c1-30-17-4-2-3-15(13-17)19-7-8-21(25-24-19)26-9-11-27(12-10-26)31(28,29)20-14-16(22)5-6-18(20)23/h2-8,13-14H,9-12H2,1H3. The summed E-state index contributed by atoms with van der Waals surface area (Å²) < 4.78 is 59.2. The predicted octanol–water partition coefficient (Wildman–Crippen LogP) is 2.94. The van der Waals surface area contributed by atoms with Crippen molar-refractivity contribution in [2.75, 3.05) is 38.2 Å². The highest BCUT2D eigenvalue weighted by molar-refractivity contribution is 7.89. The molecule has 1 saturated heterocycles. The Morgan fingerprint density at radius 3 is 2.39 bits per heavy atom. The number of hydrogen-bond acceptors (Lipinski definition) is 6. The molecule has 0 atom stereocenters. The molecule has 0 aliphatic carbocycles. The van der Waals surface area contributed by atoms with Crippen LogP contribution in [0.15, 0.2) is 59.5 Å². The fourth-order valence-electron chi connectivity index (χ4n) is 3.40. The van der Waals surface area contributed by atoms with E-state index in [2.05, 4.69) is 10.2 Å². The van der Waals surface area contributed by atoms with Gasteiger partial charge in [-0.25, -0.2) is 17.2 Å². The average Bonchev–Trinajstić information content (AvgIpc) is 2.81. The Balaban J connectivity index is 1.45. The first-order valence-corrected chi connectivity index (χ1v) is 11.0. The third-order valence-electron chi connectivity index (χ3n) is 5.09. The molecule has 10 heteroatoms. The van der Waals surface area contributed by atoms with Gasteiger partial charge in [-0.2, -0.15) is 4.31 Å². The van der Waals surface area contributed by atoms with Crippen LogP contribution in [0.1, 0.15) is 0 Å². The van der Waals surface area contributed by atoms with Gasteiger partial charge in [0.05, 0.1) is 12.8 Å². The Bertz CT molecular complexity index is 1180. The summed E-state index contributed by atoms with van der Waals surface area (Å²) in [5.74, 6) is -0.441. The van der Waals surface area contributed by atoms with Crippen LogP contribution < -0.4 is 9.64 Å². The lowest BCUT2D eigenvalue weighted by Crippen LogP contribution is -2.49. The van der Waals surface area contributed by atoms with Crippen molar-refractivity contribution in [3.8, 4) is 17.0 Å². The van der Waals surface area contributed by atoms with Crippen molar-refractivity contribution in [1.29, 1.82) is 0 Å². The normalized spacial score (nSPS) is 15.1. The largest absolute Gasteiger partial charge is 0.497 e. The van der Waals surface area contributed by atoms with Crippen molar-refractivity contribution in [1.82, 2.24) is 14.5 Å². The van der Waals surface area contributed by atoms with Gasteiger partial charge in [0.15, 0.2) is 5.82 Å². The van der Waals surface area contributed by atoms with E-state index in [4.69, 9.17) is 4.74 Å². The Morgan fingerprint density at radius 1 is 0.935 bits per heavy atom. The van der Waals surface area contributed by atoms with E-state index in [9.17, 15) is 17.2 Å². The minimum absolute atomic E-state index is 0.123. The third kappa shape index (κ3) is 4.35. The fourth-order valence-corrected chi connectivity index (χ4v) is 4.90. The van der Waals surface area contributed by atoms with Gasteiger partial charge in [0, 0.05) is 31.7 Å². The van der Waals surface area contributed by atoms with Crippen LogP contribution in [0.5, 0.6) is 5.75 Å². The van der Waals surface area contributed by atoms with Crippen molar-refractivity contribution in [2.24, 2.45) is 0 Å². The van der Waals surface area contributed by atoms with Crippen molar-refractivity contribution >= 4 is 15.8 Å². The number of methoxy groups -OCH3 is 1. The topological polar surface area (TPSA) is 75.6 Å². The van der Waals surface area contributed by atoms with Gasteiger partial charge in [-0.05, 0) is 42.5 Å². The molecule has 0 amide bonds. The summed E-state index contributed by atoms with van der Waals surface area (Å²) in [7, 11) is -2.53. The van der Waals surface area contributed by atoms with E-state index in [0.29, 0.717) is 30.7 Å². The molecule has 1 aliphatic rings. The number of aromatic nitrogens is 2. The zero-order valence-electron chi connectivity index (χ0n) is 16.7. The van der Waals surface area contributed by atoms with Crippen LogP contribution in [0.2, 0.25) is 0 Å². The van der Waals surface area contributed by atoms with Gasteiger partial charge in [0.1, 0.15) is 22.3 Å². The van der Waals surface area contributed by atoms with Crippen LogP contribution in [-0.4, -0.2) is 56.2 Å². The second kappa shape index (κ2) is 8.56. The lowest BCUT2D eigenvalue weighted by Gasteiger charge is -2.34. The minimum atomic E-state index is -4.13. The minimum Gasteiger partial charge on any atom is -0.497 e. The second-order valence-corrected chi connectivity index (χ2v) is 8.88. The molecule has 1 fully saturated rings. The van der Waals surface area contributed by atoms with Crippen LogP contribution in [0.25, 0.3) is 11.3 Å². The van der Waals surface area contributed by atoms with E-state index in [1.54, 1.807) is 7.11 Å². The maximum Gasteiger partial charge on any atom is 0.246 e. The molecule has 2 heterocycles. The van der Waals surface area contributed by atoms with Gasteiger partial charge in [-0.1, -0.05) is 12.1 Å². The summed E-state index contributed by atoms with van der Waals surface area (Å²) in [6.07, 6.45) is 0. The van der Waals surface area contributed by atoms with Crippen molar-refractivity contribution in [3.05, 3.63) is 66.2 Å². The zero-order chi connectivity index (χ0) is 22.0. The Labute approximate surface area is 178 Å². The number of hydrogen-bond donors (Lipinski definition) is 0. The molecule has 2 aromatic carbocycles. The van der Waals surface area contributed by atoms with Crippen molar-refractivity contribution in [3.63, 3.8) is 0 Å². The lowest BCUT2D eigenvalue weighted by molar-refractivity contribution is 0.380. The number of piperazine rings is 1. The lowest BCUT2D eigenvalue weighted by atomic mass is 10.1. The van der Waals surface area contributed by atoms with Gasteiger partial charge in [-0.15, -0.1) is 10.2 Å². The first kappa shape index (κ1) is 21.1. The summed E-state index contributed by atoms with van der Waals surface area (Å²) in [6.45, 7) is 0.946. The number of nitrogens with zero attached hydrogens (tertiary/aromatic N) is 4. The monoisotopic (exact) mass is 446 g/mol. The van der Waals surface area contributed by atoms with Crippen LogP contribution in [0, 0.1) is 11.6 Å². The highest BCUT2D eigenvalue weighted by Gasteiger charge is 2.31. The van der Waals surface area contributed by atoms with E-state index >= 15 is 0 Å². The zero-order valence-corrected chi connectivity index (χ0v) is 17.5. The molecule has 3 aromatic rings. The molecular formula is C21H20F2N4O3S. The van der Waals surface area contributed by atoms with E-state index < -0.39 is 26.6 Å². The van der Waals surface area contributed by atoms with E-state index in [1.165, 1.54) is 0 Å². The predicted molar refractivity (Wildman–Crippen MR) is 111 cm³/mol. The maximum atomic E-state index is 14.0. The average molecular weight is 446 g/mol. The molecule has 0 saturated carbocycles. The number of benzene rings is 2. The summed E-state index contributed by atoms with van der Waals surface area (Å²) in [4.78, 5) is 1.25. The summed E-state index contributed by atoms with van der Waals surface area (Å²) in [5.41, 5.74) is 1.55. The van der Waals surface area contributed by atoms with Crippen molar-refractivity contribution < 1.29 is 21.9 Å². The molecule has 0 unspecified atom stereocenters. The number of halogens is 2. The first-order valence-electron chi connectivity index (χ1n) is 9.57. The molecule has 0 N–H and O–H groups in total. The smallest absolute Gasteiger partial charge is 0.246 e. The van der Waals surface area contributed by atoms with Gasteiger partial charge in [-0.3, -0.25) is 0 Å². The fraction of sp³-hybridized carbons (Fsp3) is 0.238. The van der Waals surface area contributed by atoms with Crippen LogP contribution in [-0.2, 0) is 10.0 Å². The molecule has 0 spiro atoms. The summed E-state index contributed by atoms with van der Waals surface area (Å²) in [6, 6.07) is 13.5. The number of ether oxygens (including phenoxy) is 1. The molecule has 0 bridgehead atoms. The van der Waals surface area contributed by atoms with Gasteiger partial charge in [0.25, 0.3) is 0 Å². The molecule has 0 radical (unpaired) electrons. The number of rotatable bonds is 5. The quantitative estimate of drug-likeness (QED) is 0.600. The van der Waals surface area contributed by atoms with Gasteiger partial charge in [0.2, 0.25) is 10.0 Å². The van der Waals surface area contributed by atoms with Crippen LogP contribution in [0.3, 0.4) is 0 Å². The summed E-state index contributed by atoms with van der Waals surface area (Å²) >= 11 is 0. The molecular weight excluding hydrogens is 426 g/mol. The molecule has 4 rings (SSSR count). The molecule has 1 aliphatic heterocycles.